The van der Waals surface area contributed by atoms with Gasteiger partial charge in [0.2, 0.25) is 10.0 Å². The first-order valence-electron chi connectivity index (χ1n) is 6.94. The maximum atomic E-state index is 12.2. The summed E-state index contributed by atoms with van der Waals surface area (Å²) in [7, 11) is -3.51. The summed E-state index contributed by atoms with van der Waals surface area (Å²) in [6, 6.07) is 4.98. The van der Waals surface area contributed by atoms with Crippen LogP contribution in [0.25, 0.3) is 0 Å². The first-order chi connectivity index (χ1) is 9.87. The molecule has 1 aliphatic heterocycles. The van der Waals surface area contributed by atoms with Crippen LogP contribution in [0, 0.1) is 0 Å². The van der Waals surface area contributed by atoms with Crippen LogP contribution in [0.3, 0.4) is 0 Å². The van der Waals surface area contributed by atoms with Crippen molar-refractivity contribution in [3.63, 3.8) is 0 Å². The Balaban J connectivity index is 2.16. The number of halogens is 1. The van der Waals surface area contributed by atoms with Crippen LogP contribution in [0.15, 0.2) is 18.2 Å². The first-order valence-corrected chi connectivity index (χ1v) is 8.97. The van der Waals surface area contributed by atoms with E-state index in [1.807, 2.05) is 13.8 Å². The van der Waals surface area contributed by atoms with Gasteiger partial charge in [-0.2, -0.15) is 0 Å². The Hall–Kier alpha value is -0.980. The van der Waals surface area contributed by atoms with E-state index in [9.17, 15) is 8.42 Å². The number of anilines is 1. The Morgan fingerprint density at radius 2 is 2.24 bits per heavy atom. The standard InChI is InChI=1S/C14H20ClNO4S/c1-10(2)20-14-12(15)6-3-7-13(14)16-21(17,18)9-11-5-4-8-19-11/h3,6-7,10-11,16H,4-5,8-9H2,1-2H3. The number of rotatable bonds is 6. The van der Waals surface area contributed by atoms with Crippen molar-refractivity contribution in [1.82, 2.24) is 0 Å². The van der Waals surface area contributed by atoms with E-state index in [2.05, 4.69) is 4.72 Å². The van der Waals surface area contributed by atoms with Crippen LogP contribution in [0.1, 0.15) is 26.7 Å². The van der Waals surface area contributed by atoms with Gasteiger partial charge in [0.15, 0.2) is 5.75 Å². The summed E-state index contributed by atoms with van der Waals surface area (Å²) < 4.78 is 37.9. The molecule has 0 aliphatic carbocycles. The molecule has 7 heteroatoms. The Morgan fingerprint density at radius 1 is 1.48 bits per heavy atom. The van der Waals surface area contributed by atoms with Crippen molar-refractivity contribution in [3.8, 4) is 5.75 Å². The third-order valence-electron chi connectivity index (χ3n) is 3.02. The van der Waals surface area contributed by atoms with Gasteiger partial charge in [0.25, 0.3) is 0 Å². The lowest BCUT2D eigenvalue weighted by Gasteiger charge is -2.18. The number of para-hydroxylation sites is 1. The van der Waals surface area contributed by atoms with Gasteiger partial charge in [-0.05, 0) is 38.8 Å². The molecule has 1 aliphatic rings. The van der Waals surface area contributed by atoms with Gasteiger partial charge in [0.1, 0.15) is 0 Å². The van der Waals surface area contributed by atoms with Gasteiger partial charge >= 0.3 is 0 Å². The Morgan fingerprint density at radius 3 is 2.86 bits per heavy atom. The maximum absolute atomic E-state index is 12.2. The average molecular weight is 334 g/mol. The molecule has 2 rings (SSSR count). The highest BCUT2D eigenvalue weighted by Crippen LogP contribution is 2.34. The van der Waals surface area contributed by atoms with Crippen LogP contribution in [0.4, 0.5) is 5.69 Å². The molecule has 0 bridgehead atoms. The molecule has 0 amide bonds. The summed E-state index contributed by atoms with van der Waals surface area (Å²) in [6.45, 7) is 4.33. The molecule has 1 heterocycles. The zero-order chi connectivity index (χ0) is 15.5. The van der Waals surface area contributed by atoms with Gasteiger partial charge in [-0.15, -0.1) is 0 Å². The normalized spacial score (nSPS) is 19.0. The second-order valence-corrected chi connectivity index (χ2v) is 7.48. The number of sulfonamides is 1. The van der Waals surface area contributed by atoms with E-state index >= 15 is 0 Å². The highest BCUT2D eigenvalue weighted by molar-refractivity contribution is 7.92. The minimum atomic E-state index is -3.51. The van der Waals surface area contributed by atoms with Crippen molar-refractivity contribution in [1.29, 1.82) is 0 Å². The van der Waals surface area contributed by atoms with Gasteiger partial charge in [0.05, 0.1) is 28.7 Å². The predicted molar refractivity (Wildman–Crippen MR) is 83.6 cm³/mol. The molecule has 1 unspecified atom stereocenters. The third-order valence-corrected chi connectivity index (χ3v) is 4.65. The number of ether oxygens (including phenoxy) is 2. The van der Waals surface area contributed by atoms with Gasteiger partial charge in [-0.3, -0.25) is 4.72 Å². The molecule has 1 saturated heterocycles. The number of hydrogen-bond acceptors (Lipinski definition) is 4. The van der Waals surface area contributed by atoms with Gasteiger partial charge in [-0.25, -0.2) is 8.42 Å². The molecule has 0 spiro atoms. The lowest BCUT2D eigenvalue weighted by molar-refractivity contribution is 0.127. The van der Waals surface area contributed by atoms with Crippen LogP contribution in [0.5, 0.6) is 5.75 Å². The smallest absolute Gasteiger partial charge is 0.235 e. The zero-order valence-corrected chi connectivity index (χ0v) is 13.7. The second kappa shape index (κ2) is 6.85. The Bertz CT molecular complexity index is 583. The van der Waals surface area contributed by atoms with Crippen LogP contribution in [-0.4, -0.2) is 33.0 Å². The molecule has 0 saturated carbocycles. The quantitative estimate of drug-likeness (QED) is 0.869. The largest absolute Gasteiger partial charge is 0.487 e. The van der Waals surface area contributed by atoms with Crippen molar-refractivity contribution < 1.29 is 17.9 Å². The van der Waals surface area contributed by atoms with Crippen LogP contribution >= 0.6 is 11.6 Å². The minimum Gasteiger partial charge on any atom is -0.487 e. The van der Waals surface area contributed by atoms with Crippen LogP contribution in [0.2, 0.25) is 5.02 Å². The summed E-state index contributed by atoms with van der Waals surface area (Å²) in [5.74, 6) is 0.297. The van der Waals surface area contributed by atoms with E-state index in [1.54, 1.807) is 18.2 Å². The van der Waals surface area contributed by atoms with E-state index in [1.165, 1.54) is 0 Å². The molecule has 1 atom stereocenters. The SMILES string of the molecule is CC(C)Oc1c(Cl)cccc1NS(=O)(=O)CC1CCCO1. The fourth-order valence-corrected chi connectivity index (χ4v) is 3.72. The third kappa shape index (κ3) is 4.76. The molecule has 1 fully saturated rings. The van der Waals surface area contributed by atoms with Crippen molar-refractivity contribution in [2.45, 2.75) is 38.9 Å². The molecule has 21 heavy (non-hydrogen) atoms. The summed E-state index contributed by atoms with van der Waals surface area (Å²) in [5.41, 5.74) is 0.356. The summed E-state index contributed by atoms with van der Waals surface area (Å²) in [4.78, 5) is 0. The first kappa shape index (κ1) is 16.4. The lowest BCUT2D eigenvalue weighted by atomic mass is 10.3. The molecule has 0 radical (unpaired) electrons. The average Bonchev–Trinajstić information content (AvgIpc) is 2.84. The van der Waals surface area contributed by atoms with Crippen LogP contribution in [-0.2, 0) is 14.8 Å². The molecule has 1 aromatic carbocycles. The Labute approximate surface area is 130 Å². The van der Waals surface area contributed by atoms with Crippen molar-refractivity contribution >= 4 is 27.3 Å². The topological polar surface area (TPSA) is 64.6 Å². The molecule has 1 aromatic rings. The molecular formula is C14H20ClNO4S. The van der Waals surface area contributed by atoms with Gasteiger partial charge < -0.3 is 9.47 Å². The van der Waals surface area contributed by atoms with E-state index in [-0.39, 0.29) is 18.0 Å². The molecule has 118 valence electrons. The number of nitrogens with one attached hydrogen (secondary N) is 1. The summed E-state index contributed by atoms with van der Waals surface area (Å²) in [5, 5.41) is 0.376. The van der Waals surface area contributed by atoms with E-state index in [4.69, 9.17) is 21.1 Å². The zero-order valence-electron chi connectivity index (χ0n) is 12.1. The van der Waals surface area contributed by atoms with Gasteiger partial charge in [-0.1, -0.05) is 17.7 Å². The molecule has 0 aromatic heterocycles. The fourth-order valence-electron chi connectivity index (χ4n) is 2.17. The van der Waals surface area contributed by atoms with Crippen LogP contribution < -0.4 is 9.46 Å². The highest BCUT2D eigenvalue weighted by Gasteiger charge is 2.24. The van der Waals surface area contributed by atoms with Crippen molar-refractivity contribution in [2.75, 3.05) is 17.1 Å². The van der Waals surface area contributed by atoms with Gasteiger partial charge in [0, 0.05) is 6.61 Å². The number of benzene rings is 1. The lowest BCUT2D eigenvalue weighted by Crippen LogP contribution is -2.26. The molecule has 1 N–H and O–H groups in total. The maximum Gasteiger partial charge on any atom is 0.235 e. The van der Waals surface area contributed by atoms with Crippen molar-refractivity contribution in [2.24, 2.45) is 0 Å². The summed E-state index contributed by atoms with van der Waals surface area (Å²) in [6.07, 6.45) is 1.33. The predicted octanol–water partition coefficient (Wildman–Crippen LogP) is 3.05. The fraction of sp³-hybridized carbons (Fsp3) is 0.571. The molecular weight excluding hydrogens is 314 g/mol. The summed E-state index contributed by atoms with van der Waals surface area (Å²) >= 11 is 6.09. The number of hydrogen-bond donors (Lipinski definition) is 1. The van der Waals surface area contributed by atoms with E-state index in [0.717, 1.165) is 12.8 Å². The highest BCUT2D eigenvalue weighted by atomic mass is 35.5. The molecule has 5 nitrogen and oxygen atoms in total. The Kier molecular flexibility index (Phi) is 5.35. The monoisotopic (exact) mass is 333 g/mol. The van der Waals surface area contributed by atoms with Crippen molar-refractivity contribution in [3.05, 3.63) is 23.2 Å². The minimum absolute atomic E-state index is 0.0549. The second-order valence-electron chi connectivity index (χ2n) is 5.30. The van der Waals surface area contributed by atoms with E-state index in [0.29, 0.717) is 23.1 Å². The van der Waals surface area contributed by atoms with E-state index < -0.39 is 10.0 Å².